The van der Waals surface area contributed by atoms with Crippen LogP contribution >= 0.6 is 0 Å². The monoisotopic (exact) mass is 375 g/mol. The lowest BCUT2D eigenvalue weighted by molar-refractivity contribution is 0.0730. The zero-order chi connectivity index (χ0) is 18.1. The van der Waals surface area contributed by atoms with E-state index in [1.165, 1.54) is 4.31 Å². The second-order valence-electron chi connectivity index (χ2n) is 6.31. The number of fused-ring (bicyclic) bond motifs is 1. The van der Waals surface area contributed by atoms with Crippen LogP contribution in [0.1, 0.15) is 5.56 Å². The molecule has 0 unspecified atom stereocenters. The van der Waals surface area contributed by atoms with E-state index in [1.54, 1.807) is 12.4 Å². The standard InChI is InChI=1S/C17H21N5O3S/c1-14-3-2-5-22-16(14)15(13-19-22)17-18-4-6-20(17)9-12-26(23,24)21-7-10-25-11-8-21/h2-6,13H,7-12H2,1H3. The van der Waals surface area contributed by atoms with Crippen molar-refractivity contribution in [3.63, 3.8) is 0 Å². The molecule has 1 saturated heterocycles. The van der Waals surface area contributed by atoms with Gasteiger partial charge < -0.3 is 9.30 Å². The van der Waals surface area contributed by atoms with E-state index in [1.807, 2.05) is 40.5 Å². The molecule has 0 saturated carbocycles. The highest BCUT2D eigenvalue weighted by molar-refractivity contribution is 7.89. The van der Waals surface area contributed by atoms with Crippen LogP contribution in [0.15, 0.2) is 36.9 Å². The molecule has 1 aliphatic heterocycles. The molecule has 26 heavy (non-hydrogen) atoms. The zero-order valence-corrected chi connectivity index (χ0v) is 15.4. The van der Waals surface area contributed by atoms with Crippen LogP contribution in [0.4, 0.5) is 0 Å². The van der Waals surface area contributed by atoms with Gasteiger partial charge in [-0.25, -0.2) is 17.9 Å². The highest BCUT2D eigenvalue weighted by Crippen LogP contribution is 2.25. The molecule has 4 rings (SSSR count). The predicted molar refractivity (Wildman–Crippen MR) is 97.3 cm³/mol. The van der Waals surface area contributed by atoms with Gasteiger partial charge >= 0.3 is 0 Å². The van der Waals surface area contributed by atoms with Gasteiger partial charge in [0.15, 0.2) is 0 Å². The van der Waals surface area contributed by atoms with Crippen LogP contribution < -0.4 is 0 Å². The summed E-state index contributed by atoms with van der Waals surface area (Å²) in [5.41, 5.74) is 2.98. The van der Waals surface area contributed by atoms with Gasteiger partial charge in [0, 0.05) is 38.2 Å². The van der Waals surface area contributed by atoms with Gasteiger partial charge in [0.2, 0.25) is 10.0 Å². The largest absolute Gasteiger partial charge is 0.379 e. The van der Waals surface area contributed by atoms with Gasteiger partial charge in [-0.1, -0.05) is 6.07 Å². The minimum Gasteiger partial charge on any atom is -0.379 e. The number of aryl methyl sites for hydroxylation is 2. The highest BCUT2D eigenvalue weighted by atomic mass is 32.2. The first-order chi connectivity index (χ1) is 12.6. The van der Waals surface area contributed by atoms with E-state index in [4.69, 9.17) is 4.74 Å². The lowest BCUT2D eigenvalue weighted by Gasteiger charge is -2.26. The van der Waals surface area contributed by atoms with Gasteiger partial charge in [0.05, 0.1) is 36.2 Å². The first kappa shape index (κ1) is 17.2. The predicted octanol–water partition coefficient (Wildman–Crippen LogP) is 1.17. The number of hydrogen-bond acceptors (Lipinski definition) is 5. The molecule has 0 amide bonds. The van der Waals surface area contributed by atoms with Gasteiger partial charge in [-0.15, -0.1) is 0 Å². The molecule has 9 heteroatoms. The molecular weight excluding hydrogens is 354 g/mol. The molecule has 3 aromatic heterocycles. The van der Waals surface area contributed by atoms with Crippen molar-refractivity contribution in [2.45, 2.75) is 13.5 Å². The lowest BCUT2D eigenvalue weighted by atomic mass is 10.2. The first-order valence-corrected chi connectivity index (χ1v) is 10.2. The van der Waals surface area contributed by atoms with Gasteiger partial charge in [-0.2, -0.15) is 9.40 Å². The Morgan fingerprint density at radius 3 is 2.85 bits per heavy atom. The van der Waals surface area contributed by atoms with Crippen molar-refractivity contribution in [3.8, 4) is 11.4 Å². The highest BCUT2D eigenvalue weighted by Gasteiger charge is 2.24. The smallest absolute Gasteiger partial charge is 0.216 e. The number of ether oxygens (including phenoxy) is 1. The molecule has 1 aliphatic rings. The quantitative estimate of drug-likeness (QED) is 0.669. The second-order valence-corrected chi connectivity index (χ2v) is 8.40. The molecule has 8 nitrogen and oxygen atoms in total. The van der Waals surface area contributed by atoms with Gasteiger partial charge in [0.25, 0.3) is 0 Å². The van der Waals surface area contributed by atoms with Crippen LogP contribution in [-0.4, -0.2) is 63.9 Å². The number of pyridine rings is 1. The maximum atomic E-state index is 12.6. The third-order valence-electron chi connectivity index (χ3n) is 4.65. The third-order valence-corrected chi connectivity index (χ3v) is 6.50. The molecule has 3 aromatic rings. The van der Waals surface area contributed by atoms with E-state index in [0.717, 1.165) is 22.5 Å². The number of rotatable bonds is 5. The molecule has 0 bridgehead atoms. The van der Waals surface area contributed by atoms with Crippen LogP contribution in [0.3, 0.4) is 0 Å². The summed E-state index contributed by atoms with van der Waals surface area (Å²) in [5, 5.41) is 4.38. The second kappa shape index (κ2) is 6.82. The normalized spacial score (nSPS) is 16.3. The van der Waals surface area contributed by atoms with Gasteiger partial charge in [-0.3, -0.25) is 0 Å². The Labute approximate surface area is 152 Å². The average molecular weight is 375 g/mol. The molecule has 4 heterocycles. The summed E-state index contributed by atoms with van der Waals surface area (Å²) in [4.78, 5) is 4.44. The Balaban J connectivity index is 1.59. The van der Waals surface area contributed by atoms with E-state index in [2.05, 4.69) is 10.1 Å². The third kappa shape index (κ3) is 3.13. The van der Waals surface area contributed by atoms with Gasteiger partial charge in [0.1, 0.15) is 5.82 Å². The Bertz CT molecular complexity index is 1020. The van der Waals surface area contributed by atoms with E-state index >= 15 is 0 Å². The summed E-state index contributed by atoms with van der Waals surface area (Å²) in [7, 11) is -3.31. The Kier molecular flexibility index (Phi) is 4.51. The van der Waals surface area contributed by atoms with Crippen molar-refractivity contribution in [1.82, 2.24) is 23.5 Å². The van der Waals surface area contributed by atoms with E-state index in [9.17, 15) is 8.42 Å². The molecule has 0 radical (unpaired) electrons. The van der Waals surface area contributed by atoms with Crippen molar-refractivity contribution in [2.75, 3.05) is 32.1 Å². The molecule has 0 aromatic carbocycles. The number of sulfonamides is 1. The topological polar surface area (TPSA) is 81.7 Å². The minimum absolute atomic E-state index is 0.0363. The van der Waals surface area contributed by atoms with Gasteiger partial charge in [-0.05, 0) is 18.6 Å². The number of hydrogen-bond donors (Lipinski definition) is 0. The molecule has 0 spiro atoms. The SMILES string of the molecule is Cc1cccn2ncc(-c3nccn3CCS(=O)(=O)N3CCOCC3)c12. The summed E-state index contributed by atoms with van der Waals surface area (Å²) in [6.45, 7) is 4.13. The Hall–Kier alpha value is -2.23. The minimum atomic E-state index is -3.31. The first-order valence-electron chi connectivity index (χ1n) is 8.56. The summed E-state index contributed by atoms with van der Waals surface area (Å²) < 4.78 is 35.6. The lowest BCUT2D eigenvalue weighted by Crippen LogP contribution is -2.42. The fourth-order valence-corrected chi connectivity index (χ4v) is 4.67. The molecule has 0 atom stereocenters. The van der Waals surface area contributed by atoms with Crippen LogP contribution in [-0.2, 0) is 21.3 Å². The number of morpholine rings is 1. The fraction of sp³-hybridized carbons (Fsp3) is 0.412. The van der Waals surface area contributed by atoms with Crippen molar-refractivity contribution < 1.29 is 13.2 Å². The average Bonchev–Trinajstić information content (AvgIpc) is 3.28. The Morgan fingerprint density at radius 1 is 1.23 bits per heavy atom. The summed E-state index contributed by atoms with van der Waals surface area (Å²) in [6, 6.07) is 3.97. The van der Waals surface area contributed by atoms with E-state index in [0.29, 0.717) is 32.8 Å². The number of imidazole rings is 1. The van der Waals surface area contributed by atoms with Crippen molar-refractivity contribution >= 4 is 15.5 Å². The molecular formula is C17H21N5O3S. The summed E-state index contributed by atoms with van der Waals surface area (Å²) in [5.74, 6) is 0.764. The maximum Gasteiger partial charge on any atom is 0.216 e. The number of aromatic nitrogens is 4. The zero-order valence-electron chi connectivity index (χ0n) is 14.6. The van der Waals surface area contributed by atoms with Crippen molar-refractivity contribution in [1.29, 1.82) is 0 Å². The molecule has 0 N–H and O–H groups in total. The summed E-state index contributed by atoms with van der Waals surface area (Å²) in [6.07, 6.45) is 7.17. The van der Waals surface area contributed by atoms with Crippen molar-refractivity contribution in [2.24, 2.45) is 0 Å². The van der Waals surface area contributed by atoms with Crippen LogP contribution in [0, 0.1) is 6.92 Å². The molecule has 138 valence electrons. The fourth-order valence-electron chi connectivity index (χ4n) is 3.28. The molecule has 0 aliphatic carbocycles. The summed E-state index contributed by atoms with van der Waals surface area (Å²) >= 11 is 0. The van der Waals surface area contributed by atoms with Crippen LogP contribution in [0.5, 0.6) is 0 Å². The molecule has 1 fully saturated rings. The maximum absolute atomic E-state index is 12.6. The van der Waals surface area contributed by atoms with E-state index < -0.39 is 10.0 Å². The Morgan fingerprint density at radius 2 is 2.04 bits per heavy atom. The number of nitrogens with zero attached hydrogens (tertiary/aromatic N) is 5. The van der Waals surface area contributed by atoms with Crippen LogP contribution in [0.25, 0.3) is 16.9 Å². The van der Waals surface area contributed by atoms with E-state index in [-0.39, 0.29) is 5.75 Å². The van der Waals surface area contributed by atoms with Crippen LogP contribution in [0.2, 0.25) is 0 Å². The van der Waals surface area contributed by atoms with Crippen molar-refractivity contribution in [3.05, 3.63) is 42.5 Å².